The monoisotopic (exact) mass is 305 g/mol. The lowest BCUT2D eigenvalue weighted by molar-refractivity contribution is -0.121. The first-order chi connectivity index (χ1) is 10.3. The largest absolute Gasteiger partial charge is 0.389 e. The Morgan fingerprint density at radius 1 is 1.50 bits per heavy atom. The Morgan fingerprint density at radius 2 is 2.27 bits per heavy atom. The van der Waals surface area contributed by atoms with Crippen molar-refractivity contribution in [1.82, 2.24) is 25.3 Å². The van der Waals surface area contributed by atoms with E-state index in [1.54, 1.807) is 20.0 Å². The molecule has 0 spiro atoms. The average molecular weight is 305 g/mol. The third kappa shape index (κ3) is 2.77. The quantitative estimate of drug-likeness (QED) is 0.577. The van der Waals surface area contributed by atoms with E-state index in [-0.39, 0.29) is 18.9 Å². The van der Waals surface area contributed by atoms with Gasteiger partial charge in [0.25, 0.3) is 0 Å². The second-order valence-electron chi connectivity index (χ2n) is 5.83. The highest BCUT2D eigenvalue weighted by atomic mass is 19.1. The third-order valence-corrected chi connectivity index (χ3v) is 3.20. The molecule has 3 heterocycles. The summed E-state index contributed by atoms with van der Waals surface area (Å²) in [7, 11) is 0. The lowest BCUT2D eigenvalue weighted by Gasteiger charge is -2.17. The van der Waals surface area contributed by atoms with E-state index in [0.717, 1.165) is 0 Å². The van der Waals surface area contributed by atoms with E-state index >= 15 is 0 Å². The molecule has 22 heavy (non-hydrogen) atoms. The first-order valence-corrected chi connectivity index (χ1v) is 6.83. The van der Waals surface area contributed by atoms with Crippen LogP contribution in [0.2, 0.25) is 0 Å². The Morgan fingerprint density at radius 3 is 3.00 bits per heavy atom. The van der Waals surface area contributed by atoms with Gasteiger partial charge >= 0.3 is 0 Å². The lowest BCUT2D eigenvalue weighted by atomic mass is 10.1. The zero-order valence-electron chi connectivity index (χ0n) is 12.2. The van der Waals surface area contributed by atoms with Gasteiger partial charge in [0.2, 0.25) is 5.91 Å². The van der Waals surface area contributed by atoms with Crippen LogP contribution in [0, 0.1) is 5.82 Å². The van der Waals surface area contributed by atoms with Crippen LogP contribution in [0.15, 0.2) is 12.4 Å². The highest BCUT2D eigenvalue weighted by Crippen LogP contribution is 2.23. The van der Waals surface area contributed by atoms with Gasteiger partial charge in [0.05, 0.1) is 29.1 Å². The number of aliphatic hydroxyl groups is 1. The van der Waals surface area contributed by atoms with Gasteiger partial charge in [-0.1, -0.05) is 0 Å². The molecule has 8 heteroatoms. The summed E-state index contributed by atoms with van der Waals surface area (Å²) in [6.07, 6.45) is 2.78. The number of carbonyl (C=O) groups is 1. The number of nitrogens with one attached hydrogen (secondary N) is 3. The number of aromatic amines is 2. The van der Waals surface area contributed by atoms with Crippen molar-refractivity contribution in [2.45, 2.75) is 25.9 Å². The lowest BCUT2D eigenvalue weighted by Crippen LogP contribution is -2.38. The van der Waals surface area contributed by atoms with Gasteiger partial charge in [-0.2, -0.15) is 0 Å². The van der Waals surface area contributed by atoms with Crippen molar-refractivity contribution >= 4 is 28.0 Å². The highest BCUT2D eigenvalue weighted by Gasteiger charge is 2.17. The van der Waals surface area contributed by atoms with Crippen LogP contribution in [0.25, 0.3) is 22.1 Å². The summed E-state index contributed by atoms with van der Waals surface area (Å²) in [4.78, 5) is 25.9. The number of amides is 1. The van der Waals surface area contributed by atoms with E-state index in [9.17, 15) is 14.3 Å². The predicted molar refractivity (Wildman–Crippen MR) is 78.7 cm³/mol. The molecule has 3 rings (SSSR count). The molecule has 0 saturated heterocycles. The number of hydrogen-bond donors (Lipinski definition) is 4. The van der Waals surface area contributed by atoms with E-state index in [4.69, 9.17) is 0 Å². The van der Waals surface area contributed by atoms with E-state index in [1.165, 1.54) is 6.20 Å². The van der Waals surface area contributed by atoms with E-state index in [2.05, 4.69) is 25.3 Å². The molecule has 116 valence electrons. The molecule has 0 fully saturated rings. The number of nitrogens with zero attached hydrogens (tertiary/aromatic N) is 2. The first kappa shape index (κ1) is 14.5. The third-order valence-electron chi connectivity index (χ3n) is 3.20. The maximum Gasteiger partial charge on any atom is 0.227 e. The molecule has 0 atom stereocenters. The van der Waals surface area contributed by atoms with Crippen LogP contribution >= 0.6 is 0 Å². The summed E-state index contributed by atoms with van der Waals surface area (Å²) < 4.78 is 13.8. The van der Waals surface area contributed by atoms with Gasteiger partial charge in [0.15, 0.2) is 5.82 Å². The summed E-state index contributed by atoms with van der Waals surface area (Å²) >= 11 is 0. The fourth-order valence-corrected chi connectivity index (χ4v) is 2.18. The Balaban J connectivity index is 1.85. The van der Waals surface area contributed by atoms with Crippen LogP contribution in [0.3, 0.4) is 0 Å². The molecule has 0 unspecified atom stereocenters. The van der Waals surface area contributed by atoms with E-state index in [1.807, 2.05) is 0 Å². The SMILES string of the molecule is CC(C)(O)CNC(=O)Cc1nc2c(cnc3[nH]cc(F)c32)[nH]1. The van der Waals surface area contributed by atoms with Crippen molar-refractivity contribution in [3.8, 4) is 0 Å². The van der Waals surface area contributed by atoms with E-state index < -0.39 is 11.4 Å². The summed E-state index contributed by atoms with van der Waals surface area (Å²) in [5.74, 6) is -0.296. The predicted octanol–water partition coefficient (Wildman–Crippen LogP) is 1.01. The molecule has 0 bridgehead atoms. The Labute approximate surface area is 125 Å². The van der Waals surface area contributed by atoms with Crippen molar-refractivity contribution in [2.24, 2.45) is 0 Å². The summed E-state index contributed by atoms with van der Waals surface area (Å²) in [5, 5.41) is 12.5. The fourth-order valence-electron chi connectivity index (χ4n) is 2.18. The minimum atomic E-state index is -0.978. The van der Waals surface area contributed by atoms with Gasteiger partial charge in [0.1, 0.15) is 17.0 Å². The summed E-state index contributed by atoms with van der Waals surface area (Å²) in [5.41, 5.74) is 0.438. The minimum absolute atomic E-state index is 0.0122. The zero-order chi connectivity index (χ0) is 15.9. The second-order valence-corrected chi connectivity index (χ2v) is 5.83. The van der Waals surface area contributed by atoms with Crippen molar-refractivity contribution in [3.63, 3.8) is 0 Å². The number of rotatable bonds is 4. The summed E-state index contributed by atoms with van der Waals surface area (Å²) in [6.45, 7) is 3.35. The molecular weight excluding hydrogens is 289 g/mol. The van der Waals surface area contributed by atoms with Gasteiger partial charge in [-0.25, -0.2) is 14.4 Å². The number of imidazole rings is 1. The number of fused-ring (bicyclic) bond motifs is 3. The summed E-state index contributed by atoms with van der Waals surface area (Å²) in [6, 6.07) is 0. The standard InChI is InChI=1S/C14H16FN5O2/c1-14(2,22)6-18-10(21)3-9-19-8-5-17-13-11(12(8)20-9)7(15)4-16-13/h4-5,22H,3,6H2,1-2H3,(H,16,17)(H,18,21)(H,19,20). The highest BCUT2D eigenvalue weighted by molar-refractivity contribution is 6.01. The molecule has 4 N–H and O–H groups in total. The fraction of sp³-hybridized carbons (Fsp3) is 0.357. The Kier molecular flexibility index (Phi) is 3.32. The van der Waals surface area contributed by atoms with Crippen molar-refractivity contribution < 1.29 is 14.3 Å². The van der Waals surface area contributed by atoms with Crippen molar-refractivity contribution in [3.05, 3.63) is 24.0 Å². The smallest absolute Gasteiger partial charge is 0.227 e. The molecule has 0 radical (unpaired) electrons. The number of pyridine rings is 1. The van der Waals surface area contributed by atoms with Crippen LogP contribution in [0.1, 0.15) is 19.7 Å². The van der Waals surface area contributed by atoms with Crippen molar-refractivity contribution in [2.75, 3.05) is 6.54 Å². The van der Waals surface area contributed by atoms with E-state index in [0.29, 0.717) is 27.9 Å². The first-order valence-electron chi connectivity index (χ1n) is 6.83. The van der Waals surface area contributed by atoms with Crippen molar-refractivity contribution in [1.29, 1.82) is 0 Å². The molecule has 3 aromatic heterocycles. The van der Waals surface area contributed by atoms with Crippen LogP contribution in [0.4, 0.5) is 4.39 Å². The van der Waals surface area contributed by atoms with Gasteiger partial charge in [0, 0.05) is 12.7 Å². The molecule has 0 saturated carbocycles. The molecule has 0 aromatic carbocycles. The molecule has 1 amide bonds. The normalized spacial score (nSPS) is 12.2. The van der Waals surface area contributed by atoms with Gasteiger partial charge in [-0.05, 0) is 13.8 Å². The molecule has 0 aliphatic carbocycles. The number of H-pyrrole nitrogens is 2. The molecule has 7 nitrogen and oxygen atoms in total. The van der Waals surface area contributed by atoms with Crippen LogP contribution in [-0.2, 0) is 11.2 Å². The second kappa shape index (κ2) is 5.06. The van der Waals surface area contributed by atoms with Gasteiger partial charge < -0.3 is 20.4 Å². The minimum Gasteiger partial charge on any atom is -0.389 e. The molecule has 3 aromatic rings. The number of halogens is 1. The Bertz CT molecular complexity index is 846. The topological polar surface area (TPSA) is 107 Å². The zero-order valence-corrected chi connectivity index (χ0v) is 12.2. The number of aromatic nitrogens is 4. The van der Waals surface area contributed by atoms with Crippen LogP contribution < -0.4 is 5.32 Å². The van der Waals surface area contributed by atoms with Crippen LogP contribution in [0.5, 0.6) is 0 Å². The van der Waals surface area contributed by atoms with Crippen LogP contribution in [-0.4, -0.2) is 43.1 Å². The number of carbonyl (C=O) groups excluding carboxylic acids is 1. The van der Waals surface area contributed by atoms with Gasteiger partial charge in [-0.15, -0.1) is 0 Å². The maximum atomic E-state index is 13.8. The van der Waals surface area contributed by atoms with Gasteiger partial charge in [-0.3, -0.25) is 4.79 Å². The molecular formula is C14H16FN5O2. The molecule has 0 aliphatic heterocycles. The number of hydrogen-bond acceptors (Lipinski definition) is 4. The average Bonchev–Trinajstić information content (AvgIpc) is 2.98. The Hall–Kier alpha value is -2.48. The molecule has 0 aliphatic rings. The maximum absolute atomic E-state index is 13.8.